The molecule has 14 nitrogen and oxygen atoms in total. The number of aliphatic hydroxyl groups excluding tert-OH is 2. The topological polar surface area (TPSA) is 177 Å². The summed E-state index contributed by atoms with van der Waals surface area (Å²) in [5.41, 5.74) is 15.3. The maximum Gasteiger partial charge on any atom is 0.381 e. The number of nitrogens with zero attached hydrogens (tertiary/aromatic N) is 8. The van der Waals surface area contributed by atoms with E-state index in [0.717, 1.165) is 91.6 Å². The number of para-hydroxylation sites is 3. The SMILES string of the molecule is CC(=O)CC(C)O.CC(=O)CC(C)O.CC1(C)c2ccccc2-c2c[c-]c(-n3cccn3)cc21.CN1[CH-]N(c2[c-]ccc3c2oc2ccccc23)CC1.FC(F)(F)c1c[c-]c(-c2ccccn2)cc1.[Ir].[Ir].[Ir].[Ir].[Ir].[Pt].[c-]1ccccc1-c1ccccn1.[c-]1ccccc1-c1nc2ccccc2o1.[c-]1ccsc1-c1ccccn1. The van der Waals surface area contributed by atoms with Gasteiger partial charge in [-0.25, -0.2) is 11.3 Å². The number of pyridine rings is 3. The van der Waals surface area contributed by atoms with E-state index in [2.05, 4.69) is 147 Å². The Hall–Kier alpha value is -7.86. The molecule has 1 saturated heterocycles. The van der Waals surface area contributed by atoms with Gasteiger partial charge in [0.25, 0.3) is 0 Å². The molecule has 0 bridgehead atoms. The van der Waals surface area contributed by atoms with Gasteiger partial charge < -0.3 is 43.8 Å². The van der Waals surface area contributed by atoms with Crippen LogP contribution < -0.4 is 4.90 Å². The fourth-order valence-corrected chi connectivity index (χ4v) is 12.1. The van der Waals surface area contributed by atoms with E-state index in [9.17, 15) is 22.8 Å². The van der Waals surface area contributed by atoms with Crippen LogP contribution in [0.1, 0.15) is 71.1 Å². The van der Waals surface area contributed by atoms with Crippen LogP contribution >= 0.6 is 11.3 Å². The van der Waals surface area contributed by atoms with Crippen LogP contribution in [-0.4, -0.2) is 88.7 Å². The average molecular weight is 2600 g/mol. The van der Waals surface area contributed by atoms with E-state index >= 15 is 0 Å². The zero-order valence-corrected chi connectivity index (χ0v) is 77.2. The summed E-state index contributed by atoms with van der Waals surface area (Å²) in [6.45, 7) is 14.8. The minimum absolute atomic E-state index is 0. The van der Waals surface area contributed by atoms with E-state index in [4.69, 9.17) is 19.0 Å². The van der Waals surface area contributed by atoms with Crippen molar-refractivity contribution in [1.82, 2.24) is 34.6 Å². The minimum Gasteiger partial charge on any atom is -0.525 e. The first-order valence-corrected chi connectivity index (χ1v) is 35.3. The second-order valence-electron chi connectivity index (χ2n) is 25.3. The zero-order chi connectivity index (χ0) is 75.7. The second-order valence-corrected chi connectivity index (χ2v) is 26.2. The number of likely N-dealkylation sites (N-methyl/N-ethyl adjacent to an activating group) is 1. The van der Waals surface area contributed by atoms with E-state index in [0.29, 0.717) is 17.1 Å². The van der Waals surface area contributed by atoms with E-state index in [1.165, 1.54) is 47.6 Å². The van der Waals surface area contributed by atoms with Crippen molar-refractivity contribution in [3.05, 3.63) is 327 Å². The van der Waals surface area contributed by atoms with Crippen LogP contribution in [0.5, 0.6) is 0 Å². The number of hydrogen-bond acceptors (Lipinski definition) is 14. The van der Waals surface area contributed by atoms with Crippen LogP contribution in [0, 0.1) is 43.1 Å². The van der Waals surface area contributed by atoms with Gasteiger partial charge in [0.05, 0.1) is 17.7 Å². The number of oxazole rings is 1. The number of ketones is 2. The Bertz CT molecular complexity index is 5150. The number of furan rings is 1. The van der Waals surface area contributed by atoms with Crippen LogP contribution in [-0.2, 0) is 143 Å². The van der Waals surface area contributed by atoms with Crippen molar-refractivity contribution in [1.29, 1.82) is 0 Å². The van der Waals surface area contributed by atoms with Gasteiger partial charge in [-0.3, -0.25) is 19.3 Å². The monoisotopic (exact) mass is 2600 g/mol. The molecular formula is C89H78F3Ir5N8O6PtS-7. The molecule has 8 aromatic carbocycles. The molecule has 15 aromatic rings. The fraction of sp³-hybridized carbons (Fsp3) is 0.169. The molecule has 0 spiro atoms. The van der Waals surface area contributed by atoms with Crippen molar-refractivity contribution in [2.75, 3.05) is 25.0 Å². The standard InChI is InChI=1S/C18H15N2.C16H14N2O.C13H8NO.C12H7F3N.C11H8N.C9H6NS.2C5H10O2.5Ir.Pt/c1-18(2)16-7-4-3-6-14(16)15-9-8-13(12-17(15)18)20-11-5-10-19-20;1-17-9-10-18(11-17)14-7-4-6-13-12-5-2-3-8-15(12)19-16(13)14;1-2-6-10(7-3-1)13-14-11-8-4-5-9-12(11)15-13;13-12(14,15)10-6-4-9(5-7-10)11-3-1-2-8-16-11;1-2-6-10(7-3-1)11-8-4-5-9-12-11;1-2-6-10-8(4-1)9-5-3-7-11-9;2*1-4(6)3-5(2)7;;;;;;/h3-7,9-12H,1-2H3;2-6,8,11H,9-10H2,1H3;1-6,8-9H;1-4,6-8H;1-6,8-9H;1-4,6-7H;2*4,6H,3H2,1-2H3;;;;;;/q-1;-2;4*-1;;;;;;;;. The van der Waals surface area contributed by atoms with E-state index < -0.39 is 23.9 Å². The number of aromatic nitrogens is 6. The summed E-state index contributed by atoms with van der Waals surface area (Å²) in [5.74, 6) is 0.696. The number of anilines is 1. The van der Waals surface area contributed by atoms with Gasteiger partial charge in [-0.2, -0.15) is 67.4 Å². The Morgan fingerprint density at radius 3 is 1.65 bits per heavy atom. The molecule has 113 heavy (non-hydrogen) atoms. The summed E-state index contributed by atoms with van der Waals surface area (Å²) >= 11 is 1.66. The van der Waals surface area contributed by atoms with Crippen molar-refractivity contribution >= 4 is 61.6 Å². The van der Waals surface area contributed by atoms with Crippen molar-refractivity contribution in [2.45, 2.75) is 78.2 Å². The number of carbonyl (C=O) groups excluding carboxylic acids is 2. The van der Waals surface area contributed by atoms with E-state index in [-0.39, 0.29) is 151 Å². The molecule has 1 fully saturated rings. The summed E-state index contributed by atoms with van der Waals surface area (Å²) in [5, 5.41) is 25.6. The van der Waals surface area contributed by atoms with Gasteiger partial charge in [0.2, 0.25) is 0 Å². The van der Waals surface area contributed by atoms with Crippen LogP contribution in [0.2, 0.25) is 0 Å². The minimum atomic E-state index is -4.32. The number of carbonyl (C=O) groups is 2. The van der Waals surface area contributed by atoms with Crippen molar-refractivity contribution in [3.8, 4) is 61.4 Å². The first-order valence-electron chi connectivity index (χ1n) is 34.4. The molecule has 5 radical (unpaired) electrons. The first-order chi connectivity index (χ1) is 51.7. The summed E-state index contributed by atoms with van der Waals surface area (Å²) < 4.78 is 50.4. The molecule has 8 heterocycles. The normalized spacial score (nSPS) is 12.2. The van der Waals surface area contributed by atoms with Crippen molar-refractivity contribution < 1.29 is 163 Å². The molecule has 2 unspecified atom stereocenters. The number of aliphatic hydroxyl groups is 2. The maximum atomic E-state index is 12.3. The molecule has 0 saturated carbocycles. The van der Waals surface area contributed by atoms with Crippen molar-refractivity contribution in [2.24, 2.45) is 0 Å². The summed E-state index contributed by atoms with van der Waals surface area (Å²) in [7, 11) is 2.08. The Kier molecular flexibility index (Phi) is 41.8. The smallest absolute Gasteiger partial charge is 0.381 e. The predicted octanol–water partition coefficient (Wildman–Crippen LogP) is 19.9. The maximum absolute atomic E-state index is 12.3. The number of benzene rings is 8. The number of thiophene rings is 1. The molecule has 599 valence electrons. The summed E-state index contributed by atoms with van der Waals surface area (Å²) in [6, 6.07) is 91.1. The number of alkyl halides is 3. The quantitative estimate of drug-likeness (QED) is 0.124. The Morgan fingerprint density at radius 2 is 1.14 bits per heavy atom. The van der Waals surface area contributed by atoms with Gasteiger partial charge in [0, 0.05) is 176 Å². The molecule has 24 heteroatoms. The van der Waals surface area contributed by atoms with Crippen LogP contribution in [0.15, 0.2) is 276 Å². The predicted molar refractivity (Wildman–Crippen MR) is 417 cm³/mol. The number of fused-ring (bicyclic) bond motifs is 7. The van der Waals surface area contributed by atoms with Crippen LogP contribution in [0.3, 0.4) is 0 Å². The van der Waals surface area contributed by atoms with E-state index in [1.807, 2.05) is 162 Å². The molecular weight excluding hydrogens is 2520 g/mol. The third-order valence-electron chi connectivity index (χ3n) is 16.4. The van der Waals surface area contributed by atoms with Gasteiger partial charge in [-0.1, -0.05) is 132 Å². The molecule has 2 aliphatic rings. The van der Waals surface area contributed by atoms with Gasteiger partial charge in [0.1, 0.15) is 28.6 Å². The Labute approximate surface area is 743 Å². The summed E-state index contributed by atoms with van der Waals surface area (Å²) in [6.07, 6.45) is 4.20. The molecule has 2 N–H and O–H groups in total. The average Bonchev–Trinajstić information content (AvgIpc) is 1.58. The third-order valence-corrected chi connectivity index (χ3v) is 17.2. The van der Waals surface area contributed by atoms with Gasteiger partial charge >= 0.3 is 6.18 Å². The van der Waals surface area contributed by atoms with Gasteiger partial charge in [-0.15, -0.1) is 119 Å². The van der Waals surface area contributed by atoms with Gasteiger partial charge in [0.15, 0.2) is 0 Å². The number of rotatable bonds is 10. The first kappa shape index (κ1) is 97.5. The molecule has 17 rings (SSSR count). The third kappa shape index (κ3) is 28.5. The summed E-state index contributed by atoms with van der Waals surface area (Å²) in [4.78, 5) is 42.5. The zero-order valence-electron chi connectivity index (χ0n) is 62.1. The molecule has 7 aromatic heterocycles. The molecule has 2 atom stereocenters. The van der Waals surface area contributed by atoms with E-state index in [1.54, 1.807) is 68.2 Å². The van der Waals surface area contributed by atoms with Crippen LogP contribution in [0.25, 0.3) is 94.4 Å². The molecule has 0 amide bonds. The Balaban J connectivity index is 0.000000276. The largest absolute Gasteiger partial charge is 0.525 e. The fourth-order valence-electron chi connectivity index (χ4n) is 11.4. The second kappa shape index (κ2) is 48.5. The number of hydrogen-bond donors (Lipinski definition) is 2. The van der Waals surface area contributed by atoms with Gasteiger partial charge in [-0.05, 0) is 130 Å². The van der Waals surface area contributed by atoms with Crippen LogP contribution in [0.4, 0.5) is 18.9 Å². The van der Waals surface area contributed by atoms with Crippen molar-refractivity contribution in [3.63, 3.8) is 0 Å². The molecule has 1 aliphatic heterocycles. The Morgan fingerprint density at radius 1 is 0.566 bits per heavy atom. The molecule has 1 aliphatic carbocycles. The number of halogens is 3. The number of Topliss-reactive ketones (excluding diaryl/α,β-unsaturated/α-hetero) is 2.